The third-order valence-corrected chi connectivity index (χ3v) is 10.1. The molecule has 2 nitrogen and oxygen atoms in total. The summed E-state index contributed by atoms with van der Waals surface area (Å²) >= 11 is 0. The van der Waals surface area contributed by atoms with Crippen LogP contribution in [0.25, 0.3) is 11.1 Å². The monoisotopic (exact) mass is 696 g/mol. The number of rotatable bonds is 11. The van der Waals surface area contributed by atoms with Crippen LogP contribution < -0.4 is 9.80 Å². The Morgan fingerprint density at radius 2 is 0.722 bits per heavy atom. The van der Waals surface area contributed by atoms with E-state index in [1.165, 1.54) is 44.5 Å². The molecule has 0 saturated carbocycles. The summed E-state index contributed by atoms with van der Waals surface area (Å²) in [6.07, 6.45) is 1.85. The van der Waals surface area contributed by atoms with Gasteiger partial charge in [0.05, 0.1) is 0 Å². The van der Waals surface area contributed by atoms with E-state index in [0.29, 0.717) is 0 Å². The molecule has 8 aromatic rings. The van der Waals surface area contributed by atoms with Crippen molar-refractivity contribution < 1.29 is 0 Å². The first kappa shape index (κ1) is 34.4. The van der Waals surface area contributed by atoms with Crippen LogP contribution in [0.3, 0.4) is 0 Å². The Morgan fingerprint density at radius 1 is 0.315 bits per heavy atom. The average molecular weight is 697 g/mol. The molecule has 0 aliphatic carbocycles. The van der Waals surface area contributed by atoms with Crippen molar-refractivity contribution in [1.29, 1.82) is 0 Å². The fraction of sp³-hybridized carbons (Fsp3) is 0.0769. The molecule has 0 saturated heterocycles. The smallest absolute Gasteiger partial charge is 0.0464 e. The summed E-state index contributed by atoms with van der Waals surface area (Å²) < 4.78 is 0. The van der Waals surface area contributed by atoms with Gasteiger partial charge in [0, 0.05) is 34.1 Å². The minimum Gasteiger partial charge on any atom is -0.310 e. The van der Waals surface area contributed by atoms with Gasteiger partial charge >= 0.3 is 0 Å². The standard InChI is InChI=1S/C52H44N2/c1-39-13-12-20-51(35-39)54(48-28-21-43(22-29-48)37-41-14-6-3-7-15-41)50-32-25-45(26-33-50)44-23-30-49(31-24-44)53(47-18-10-5-11-19-47)52-34-27-46(40(2)36-52)38-42-16-8-4-9-17-42/h3-36H,37-38H2,1-2H3. The minimum absolute atomic E-state index is 0.919. The first-order valence-electron chi connectivity index (χ1n) is 18.8. The molecule has 0 heterocycles. The molecule has 8 aromatic carbocycles. The van der Waals surface area contributed by atoms with Gasteiger partial charge in [-0.1, -0.05) is 133 Å². The van der Waals surface area contributed by atoms with E-state index >= 15 is 0 Å². The van der Waals surface area contributed by atoms with Crippen molar-refractivity contribution in [3.05, 3.63) is 240 Å². The molecule has 0 N–H and O–H groups in total. The van der Waals surface area contributed by atoms with Gasteiger partial charge in [0.15, 0.2) is 0 Å². The average Bonchev–Trinajstić information content (AvgIpc) is 3.22. The second kappa shape index (κ2) is 15.9. The number of para-hydroxylation sites is 1. The molecule has 0 atom stereocenters. The molecule has 0 fully saturated rings. The predicted octanol–water partition coefficient (Wildman–Crippen LogP) is 14.1. The van der Waals surface area contributed by atoms with Crippen molar-refractivity contribution in [1.82, 2.24) is 0 Å². The van der Waals surface area contributed by atoms with E-state index in [1.807, 2.05) is 0 Å². The first-order chi connectivity index (χ1) is 26.6. The van der Waals surface area contributed by atoms with Gasteiger partial charge in [-0.25, -0.2) is 0 Å². The maximum atomic E-state index is 2.34. The number of nitrogens with zero attached hydrogens (tertiary/aromatic N) is 2. The molecule has 262 valence electrons. The highest BCUT2D eigenvalue weighted by atomic mass is 15.1. The number of hydrogen-bond acceptors (Lipinski definition) is 2. The van der Waals surface area contributed by atoms with Crippen LogP contribution in [0.4, 0.5) is 34.1 Å². The Hall–Kier alpha value is -6.64. The molecular formula is C52H44N2. The summed E-state index contributed by atoms with van der Waals surface area (Å²) in [5.41, 5.74) is 17.0. The molecule has 54 heavy (non-hydrogen) atoms. The Bertz CT molecular complexity index is 2370. The molecule has 8 rings (SSSR count). The number of hydrogen-bond donors (Lipinski definition) is 0. The number of anilines is 6. The Morgan fingerprint density at radius 3 is 1.24 bits per heavy atom. The molecule has 0 spiro atoms. The highest BCUT2D eigenvalue weighted by molar-refractivity contribution is 5.81. The van der Waals surface area contributed by atoms with Gasteiger partial charge in [-0.3, -0.25) is 0 Å². The van der Waals surface area contributed by atoms with Crippen LogP contribution in [-0.2, 0) is 12.8 Å². The highest BCUT2D eigenvalue weighted by Gasteiger charge is 2.16. The largest absolute Gasteiger partial charge is 0.310 e. The van der Waals surface area contributed by atoms with Gasteiger partial charge in [0.2, 0.25) is 0 Å². The zero-order valence-electron chi connectivity index (χ0n) is 30.9. The van der Waals surface area contributed by atoms with Crippen LogP contribution in [0.2, 0.25) is 0 Å². The van der Waals surface area contributed by atoms with Crippen LogP contribution in [0.5, 0.6) is 0 Å². The first-order valence-corrected chi connectivity index (χ1v) is 18.8. The van der Waals surface area contributed by atoms with Crippen LogP contribution in [0.15, 0.2) is 206 Å². The molecule has 2 heteroatoms. The van der Waals surface area contributed by atoms with Crippen molar-refractivity contribution in [3.8, 4) is 11.1 Å². The van der Waals surface area contributed by atoms with Crippen LogP contribution in [0, 0.1) is 13.8 Å². The summed E-state index contributed by atoms with van der Waals surface area (Å²) in [4.78, 5) is 4.69. The zero-order valence-corrected chi connectivity index (χ0v) is 30.9. The predicted molar refractivity (Wildman–Crippen MR) is 229 cm³/mol. The molecule has 0 bridgehead atoms. The van der Waals surface area contributed by atoms with Crippen molar-refractivity contribution in [2.75, 3.05) is 9.80 Å². The molecule has 0 amide bonds. The lowest BCUT2D eigenvalue weighted by Gasteiger charge is -2.27. The van der Waals surface area contributed by atoms with Gasteiger partial charge < -0.3 is 9.80 Å². The molecular weight excluding hydrogens is 653 g/mol. The van der Waals surface area contributed by atoms with E-state index in [4.69, 9.17) is 0 Å². The summed E-state index contributed by atoms with van der Waals surface area (Å²) in [7, 11) is 0. The summed E-state index contributed by atoms with van der Waals surface area (Å²) in [5, 5.41) is 0. The van der Waals surface area contributed by atoms with Crippen LogP contribution >= 0.6 is 0 Å². The lowest BCUT2D eigenvalue weighted by atomic mass is 9.99. The van der Waals surface area contributed by atoms with E-state index in [-0.39, 0.29) is 0 Å². The second-order valence-corrected chi connectivity index (χ2v) is 14.0. The lowest BCUT2D eigenvalue weighted by Crippen LogP contribution is -2.10. The number of benzene rings is 8. The van der Waals surface area contributed by atoms with Crippen molar-refractivity contribution in [2.24, 2.45) is 0 Å². The zero-order chi connectivity index (χ0) is 36.7. The molecule has 0 unspecified atom stereocenters. The van der Waals surface area contributed by atoms with Crippen molar-refractivity contribution in [3.63, 3.8) is 0 Å². The Labute approximate surface area is 320 Å². The quantitative estimate of drug-likeness (QED) is 0.133. The summed E-state index contributed by atoms with van der Waals surface area (Å²) in [6.45, 7) is 4.37. The Kier molecular flexibility index (Phi) is 10.2. The SMILES string of the molecule is Cc1cccc(N(c2ccc(Cc3ccccc3)cc2)c2ccc(-c3ccc(N(c4ccccc4)c4ccc(Cc5ccccc5)c(C)c4)cc3)cc2)c1. The molecule has 0 aliphatic rings. The third-order valence-electron chi connectivity index (χ3n) is 10.1. The van der Waals surface area contributed by atoms with Crippen molar-refractivity contribution in [2.45, 2.75) is 26.7 Å². The summed E-state index contributed by atoms with van der Waals surface area (Å²) in [5.74, 6) is 0. The van der Waals surface area contributed by atoms with Crippen LogP contribution in [0.1, 0.15) is 33.4 Å². The normalized spacial score (nSPS) is 10.9. The fourth-order valence-corrected chi connectivity index (χ4v) is 7.27. The van der Waals surface area contributed by atoms with E-state index < -0.39 is 0 Å². The van der Waals surface area contributed by atoms with E-state index in [2.05, 4.69) is 230 Å². The second-order valence-electron chi connectivity index (χ2n) is 14.0. The van der Waals surface area contributed by atoms with E-state index in [9.17, 15) is 0 Å². The van der Waals surface area contributed by atoms with Crippen molar-refractivity contribution >= 4 is 34.1 Å². The van der Waals surface area contributed by atoms with Gasteiger partial charge in [-0.15, -0.1) is 0 Å². The number of aryl methyl sites for hydroxylation is 2. The molecule has 0 radical (unpaired) electrons. The third kappa shape index (κ3) is 7.89. The van der Waals surface area contributed by atoms with Gasteiger partial charge in [-0.05, 0) is 144 Å². The van der Waals surface area contributed by atoms with E-state index in [0.717, 1.165) is 47.0 Å². The van der Waals surface area contributed by atoms with Gasteiger partial charge in [0.1, 0.15) is 0 Å². The maximum absolute atomic E-state index is 2.34. The Balaban J connectivity index is 1.06. The van der Waals surface area contributed by atoms with Crippen LogP contribution in [-0.4, -0.2) is 0 Å². The highest BCUT2D eigenvalue weighted by Crippen LogP contribution is 2.39. The molecule has 0 aromatic heterocycles. The summed E-state index contributed by atoms with van der Waals surface area (Å²) in [6, 6.07) is 74.4. The topological polar surface area (TPSA) is 6.48 Å². The fourth-order valence-electron chi connectivity index (χ4n) is 7.27. The maximum Gasteiger partial charge on any atom is 0.0464 e. The lowest BCUT2D eigenvalue weighted by molar-refractivity contribution is 1.15. The minimum atomic E-state index is 0.919. The van der Waals surface area contributed by atoms with Gasteiger partial charge in [-0.2, -0.15) is 0 Å². The molecule has 0 aliphatic heterocycles. The van der Waals surface area contributed by atoms with Gasteiger partial charge in [0.25, 0.3) is 0 Å². The van der Waals surface area contributed by atoms with E-state index in [1.54, 1.807) is 0 Å².